The molecule has 0 radical (unpaired) electrons. The topological polar surface area (TPSA) is 56.2 Å². The molecule has 0 aliphatic rings. The predicted octanol–water partition coefficient (Wildman–Crippen LogP) is 5.34. The molecule has 2 heterocycles. The van der Waals surface area contributed by atoms with Gasteiger partial charge in [-0.15, -0.1) is 13.2 Å². The lowest BCUT2D eigenvalue weighted by atomic mass is 10.1. The number of aromatic nitrogens is 2. The van der Waals surface area contributed by atoms with Crippen molar-refractivity contribution in [2.45, 2.75) is 13.3 Å². The number of benzene rings is 2. The molecule has 0 atom stereocenters. The molecule has 4 rings (SSSR count). The molecule has 0 saturated heterocycles. The summed E-state index contributed by atoms with van der Waals surface area (Å²) in [5.74, 6) is 0.223. The van der Waals surface area contributed by atoms with Gasteiger partial charge in [0.2, 0.25) is 0 Å². The molecule has 2 aromatic heterocycles. The molecule has 0 amide bonds. The first-order valence-electron chi connectivity index (χ1n) is 8.52. The third-order valence-electron chi connectivity index (χ3n) is 4.48. The molecule has 0 bridgehead atoms. The SMILES string of the molecule is CSOc1ccc(-n2ccc3c(=O)[nH]c4c(OC(F)(F)F)cccc4c32)c(C)c1. The van der Waals surface area contributed by atoms with Crippen molar-refractivity contribution < 1.29 is 22.1 Å². The number of rotatable bonds is 4. The van der Waals surface area contributed by atoms with Gasteiger partial charge in [0, 0.05) is 23.5 Å². The average Bonchev–Trinajstić information content (AvgIpc) is 3.08. The van der Waals surface area contributed by atoms with E-state index in [9.17, 15) is 18.0 Å². The molecule has 9 heteroatoms. The van der Waals surface area contributed by atoms with Crippen LogP contribution in [0.5, 0.6) is 11.5 Å². The summed E-state index contributed by atoms with van der Waals surface area (Å²) in [6, 6.07) is 11.4. The summed E-state index contributed by atoms with van der Waals surface area (Å²) in [5.41, 5.74) is 1.65. The zero-order valence-corrected chi connectivity index (χ0v) is 16.1. The largest absolute Gasteiger partial charge is 0.573 e. The fourth-order valence-electron chi connectivity index (χ4n) is 3.39. The second-order valence-corrected chi connectivity index (χ2v) is 6.83. The van der Waals surface area contributed by atoms with E-state index in [4.69, 9.17) is 4.18 Å². The highest BCUT2D eigenvalue weighted by molar-refractivity contribution is 7.94. The van der Waals surface area contributed by atoms with Crippen LogP contribution in [-0.4, -0.2) is 22.2 Å². The number of aromatic amines is 1. The first-order chi connectivity index (χ1) is 13.8. The highest BCUT2D eigenvalue weighted by Crippen LogP contribution is 2.34. The molecule has 0 spiro atoms. The van der Waals surface area contributed by atoms with Gasteiger partial charge >= 0.3 is 6.36 Å². The van der Waals surface area contributed by atoms with Gasteiger partial charge in [0.25, 0.3) is 5.56 Å². The number of pyridine rings is 1. The molecular weight excluding hydrogens is 405 g/mol. The normalized spacial score (nSPS) is 11.9. The zero-order valence-electron chi connectivity index (χ0n) is 15.3. The van der Waals surface area contributed by atoms with E-state index in [0.29, 0.717) is 22.0 Å². The molecule has 1 N–H and O–H groups in total. The van der Waals surface area contributed by atoms with E-state index in [0.717, 1.165) is 11.3 Å². The quantitative estimate of drug-likeness (QED) is 0.453. The summed E-state index contributed by atoms with van der Waals surface area (Å²) < 4.78 is 49.7. The number of halogens is 3. The highest BCUT2D eigenvalue weighted by Gasteiger charge is 2.32. The van der Waals surface area contributed by atoms with Crippen LogP contribution in [-0.2, 0) is 0 Å². The second kappa shape index (κ2) is 7.07. The van der Waals surface area contributed by atoms with Crippen LogP contribution in [0.15, 0.2) is 53.5 Å². The summed E-state index contributed by atoms with van der Waals surface area (Å²) in [6.45, 7) is 1.89. The van der Waals surface area contributed by atoms with Crippen molar-refractivity contribution in [3.05, 3.63) is 64.6 Å². The number of H-pyrrole nitrogens is 1. The molecule has 5 nitrogen and oxygen atoms in total. The van der Waals surface area contributed by atoms with Gasteiger partial charge in [0.1, 0.15) is 5.75 Å². The van der Waals surface area contributed by atoms with E-state index >= 15 is 0 Å². The average molecular weight is 420 g/mol. The fraction of sp³-hybridized carbons (Fsp3) is 0.150. The minimum Gasteiger partial charge on any atom is -0.426 e. The van der Waals surface area contributed by atoms with Crippen LogP contribution in [0.4, 0.5) is 13.2 Å². The summed E-state index contributed by atoms with van der Waals surface area (Å²) in [4.78, 5) is 15.1. The van der Waals surface area contributed by atoms with Crippen LogP contribution in [0.1, 0.15) is 5.56 Å². The second-order valence-electron chi connectivity index (χ2n) is 6.33. The summed E-state index contributed by atoms with van der Waals surface area (Å²) in [6.07, 6.45) is -1.35. The Balaban J connectivity index is 1.99. The van der Waals surface area contributed by atoms with Crippen molar-refractivity contribution >= 4 is 33.8 Å². The number of nitrogens with zero attached hydrogens (tertiary/aromatic N) is 1. The number of nitrogens with one attached hydrogen (secondary N) is 1. The molecule has 150 valence electrons. The minimum atomic E-state index is -4.87. The maximum Gasteiger partial charge on any atom is 0.573 e. The van der Waals surface area contributed by atoms with Crippen LogP contribution < -0.4 is 14.5 Å². The number of alkyl halides is 3. The van der Waals surface area contributed by atoms with Gasteiger partial charge in [0.05, 0.1) is 28.5 Å². The Morgan fingerprint density at radius 3 is 2.59 bits per heavy atom. The van der Waals surface area contributed by atoms with Crippen molar-refractivity contribution in [1.82, 2.24) is 9.55 Å². The van der Waals surface area contributed by atoms with Crippen LogP contribution in [0.3, 0.4) is 0 Å². The van der Waals surface area contributed by atoms with E-state index in [1.807, 2.05) is 25.3 Å². The zero-order chi connectivity index (χ0) is 20.8. The molecule has 0 aliphatic carbocycles. The minimum absolute atomic E-state index is 0.0118. The van der Waals surface area contributed by atoms with E-state index < -0.39 is 17.7 Å². The summed E-state index contributed by atoms with van der Waals surface area (Å²) in [5, 5.41) is 0.806. The number of hydrogen-bond acceptors (Lipinski definition) is 4. The smallest absolute Gasteiger partial charge is 0.426 e. The van der Waals surface area contributed by atoms with Crippen LogP contribution >= 0.6 is 12.0 Å². The van der Waals surface area contributed by atoms with Gasteiger partial charge < -0.3 is 18.5 Å². The van der Waals surface area contributed by atoms with E-state index in [1.54, 1.807) is 29.0 Å². The third-order valence-corrected chi connectivity index (χ3v) is 4.84. The number of ether oxygens (including phenoxy) is 1. The van der Waals surface area contributed by atoms with Crippen molar-refractivity contribution in [2.75, 3.05) is 6.26 Å². The maximum absolute atomic E-state index is 12.8. The molecule has 0 saturated carbocycles. The number of aryl methyl sites for hydroxylation is 1. The van der Waals surface area contributed by atoms with Gasteiger partial charge in [0.15, 0.2) is 5.75 Å². The number of hydrogen-bond donors (Lipinski definition) is 1. The van der Waals surface area contributed by atoms with Crippen molar-refractivity contribution in [1.29, 1.82) is 0 Å². The highest BCUT2D eigenvalue weighted by atomic mass is 32.2. The van der Waals surface area contributed by atoms with Crippen molar-refractivity contribution in [3.8, 4) is 17.2 Å². The van der Waals surface area contributed by atoms with Crippen molar-refractivity contribution in [3.63, 3.8) is 0 Å². The first kappa shape index (κ1) is 19.3. The van der Waals surface area contributed by atoms with Gasteiger partial charge in [-0.2, -0.15) is 0 Å². The standard InChI is InChI=1S/C20H15F3N2O3S/c1-11-10-12(28-29-2)6-7-15(11)25-9-8-14-18(25)13-4-3-5-16(27-20(21,22)23)17(13)24-19(14)26/h3-10H,1-2H3,(H,24,26). The summed E-state index contributed by atoms with van der Waals surface area (Å²) in [7, 11) is 0. The van der Waals surface area contributed by atoms with Gasteiger partial charge in [-0.25, -0.2) is 0 Å². The van der Waals surface area contributed by atoms with Crippen LogP contribution in [0.2, 0.25) is 0 Å². The number of fused-ring (bicyclic) bond motifs is 3. The fourth-order valence-corrected chi connectivity index (χ4v) is 3.68. The van der Waals surface area contributed by atoms with Gasteiger partial charge in [-0.1, -0.05) is 12.1 Å². The Kier molecular flexibility index (Phi) is 4.70. The Labute approximate surface area is 167 Å². The Morgan fingerprint density at radius 2 is 1.90 bits per heavy atom. The monoisotopic (exact) mass is 420 g/mol. The summed E-state index contributed by atoms with van der Waals surface area (Å²) >= 11 is 1.22. The van der Waals surface area contributed by atoms with Crippen molar-refractivity contribution in [2.24, 2.45) is 0 Å². The van der Waals surface area contributed by atoms with Crippen LogP contribution in [0.25, 0.3) is 27.5 Å². The van der Waals surface area contributed by atoms with E-state index in [1.165, 1.54) is 24.2 Å². The molecule has 0 aliphatic heterocycles. The lowest BCUT2D eigenvalue weighted by Gasteiger charge is -2.14. The van der Waals surface area contributed by atoms with E-state index in [2.05, 4.69) is 9.72 Å². The Bertz CT molecular complexity index is 1280. The molecule has 0 unspecified atom stereocenters. The maximum atomic E-state index is 12.8. The van der Waals surface area contributed by atoms with Gasteiger partial charge in [-0.3, -0.25) is 4.79 Å². The number of para-hydroxylation sites is 1. The van der Waals surface area contributed by atoms with E-state index in [-0.39, 0.29) is 5.52 Å². The molecule has 29 heavy (non-hydrogen) atoms. The molecular formula is C20H15F3N2O3S. The lowest BCUT2D eigenvalue weighted by Crippen LogP contribution is -2.18. The molecule has 0 fully saturated rings. The Morgan fingerprint density at radius 1 is 1.10 bits per heavy atom. The third kappa shape index (κ3) is 3.53. The van der Waals surface area contributed by atoms with Crippen LogP contribution in [0, 0.1) is 6.92 Å². The molecule has 2 aromatic carbocycles. The Hall–Kier alpha value is -3.07. The first-order valence-corrected chi connectivity index (χ1v) is 9.67. The molecule has 4 aromatic rings. The van der Waals surface area contributed by atoms with Gasteiger partial charge in [-0.05, 0) is 42.8 Å². The predicted molar refractivity (Wildman–Crippen MR) is 107 cm³/mol. The lowest BCUT2D eigenvalue weighted by molar-refractivity contribution is -0.274.